The molecule has 0 bridgehead atoms. The van der Waals surface area contributed by atoms with Gasteiger partial charge in [-0.1, -0.05) is 6.07 Å². The van der Waals surface area contributed by atoms with E-state index in [9.17, 15) is 13.6 Å². The van der Waals surface area contributed by atoms with Crippen LogP contribution in [0.25, 0.3) is 11.1 Å². The first kappa shape index (κ1) is 28.1. The quantitative estimate of drug-likeness (QED) is 0.255. The van der Waals surface area contributed by atoms with Gasteiger partial charge in [0.2, 0.25) is 5.95 Å². The molecule has 12 heteroatoms. The Balaban J connectivity index is 1.38. The van der Waals surface area contributed by atoms with Crippen molar-refractivity contribution >= 4 is 30.5 Å². The van der Waals surface area contributed by atoms with E-state index in [1.54, 1.807) is 53.7 Å². The maximum Gasteiger partial charge on any atom is 0.257 e. The lowest BCUT2D eigenvalue weighted by molar-refractivity contribution is -0.0205. The Labute approximate surface area is 230 Å². The number of hydrogen-bond donors (Lipinski definition) is 3. The lowest BCUT2D eigenvalue weighted by Gasteiger charge is -2.33. The SMILES string of the molecule is COc1cc(C(=O)NC2CCN(CC(C)(F)F)CC2)ccc1Nc1ncc(-c2ccc(C#N)c(OS)c2)cn1. The van der Waals surface area contributed by atoms with Crippen molar-refractivity contribution in [2.75, 3.05) is 32.1 Å². The van der Waals surface area contributed by atoms with Crippen LogP contribution >= 0.6 is 12.9 Å². The van der Waals surface area contributed by atoms with Crippen LogP contribution in [0.4, 0.5) is 20.4 Å². The Morgan fingerprint density at radius 2 is 1.87 bits per heavy atom. The first-order valence-corrected chi connectivity index (χ1v) is 12.6. The molecule has 39 heavy (non-hydrogen) atoms. The first-order valence-electron chi connectivity index (χ1n) is 12.2. The largest absolute Gasteiger partial charge is 0.495 e. The van der Waals surface area contributed by atoms with E-state index in [-0.39, 0.29) is 18.5 Å². The minimum absolute atomic E-state index is 0.0820. The number of benzene rings is 2. The predicted octanol–water partition coefficient (Wildman–Crippen LogP) is 4.84. The van der Waals surface area contributed by atoms with Gasteiger partial charge in [-0.25, -0.2) is 18.7 Å². The summed E-state index contributed by atoms with van der Waals surface area (Å²) < 4.78 is 37.0. The summed E-state index contributed by atoms with van der Waals surface area (Å²) in [5.41, 5.74) is 2.82. The molecule has 1 aliphatic rings. The molecule has 0 aliphatic carbocycles. The van der Waals surface area contributed by atoms with Crippen LogP contribution in [0.3, 0.4) is 0 Å². The number of amides is 1. The lowest BCUT2D eigenvalue weighted by Crippen LogP contribution is -2.47. The number of anilines is 2. The maximum atomic E-state index is 13.3. The fraction of sp³-hybridized carbons (Fsp3) is 0.333. The zero-order valence-electron chi connectivity index (χ0n) is 21.4. The molecule has 1 amide bonds. The third-order valence-electron chi connectivity index (χ3n) is 6.32. The van der Waals surface area contributed by atoms with Gasteiger partial charge in [-0.2, -0.15) is 5.26 Å². The highest BCUT2D eigenvalue weighted by molar-refractivity contribution is 7.75. The number of carbonyl (C=O) groups is 1. The van der Waals surface area contributed by atoms with Crippen LogP contribution < -0.4 is 19.6 Å². The highest BCUT2D eigenvalue weighted by atomic mass is 32.1. The minimum atomic E-state index is -2.73. The van der Waals surface area contributed by atoms with Crippen LogP contribution in [0.1, 0.15) is 35.7 Å². The lowest BCUT2D eigenvalue weighted by atomic mass is 10.0. The van der Waals surface area contributed by atoms with E-state index in [0.29, 0.717) is 65.8 Å². The summed E-state index contributed by atoms with van der Waals surface area (Å²) in [4.78, 5) is 23.3. The topological polar surface area (TPSA) is 112 Å². The van der Waals surface area contributed by atoms with Crippen LogP contribution in [0.15, 0.2) is 48.8 Å². The summed E-state index contributed by atoms with van der Waals surface area (Å²) in [5.74, 6) is -1.91. The molecule has 3 aromatic rings. The molecular formula is C27H28F2N6O3S. The number of alkyl halides is 2. The molecule has 0 unspecified atom stereocenters. The van der Waals surface area contributed by atoms with Crippen molar-refractivity contribution in [2.45, 2.75) is 31.7 Å². The van der Waals surface area contributed by atoms with Gasteiger partial charge in [0.15, 0.2) is 5.75 Å². The molecule has 1 fully saturated rings. The maximum absolute atomic E-state index is 13.3. The second-order valence-corrected chi connectivity index (χ2v) is 9.53. The van der Waals surface area contributed by atoms with E-state index in [0.717, 1.165) is 12.5 Å². The number of methoxy groups -OCH3 is 1. The smallest absolute Gasteiger partial charge is 0.257 e. The van der Waals surface area contributed by atoms with Crippen molar-refractivity contribution in [3.63, 3.8) is 0 Å². The van der Waals surface area contributed by atoms with Crippen LogP contribution in [0.5, 0.6) is 11.5 Å². The first-order chi connectivity index (χ1) is 18.7. The Morgan fingerprint density at radius 3 is 2.49 bits per heavy atom. The Kier molecular flexibility index (Phi) is 8.83. The third kappa shape index (κ3) is 7.34. The molecule has 2 N–H and O–H groups in total. The van der Waals surface area contributed by atoms with Crippen molar-refractivity contribution in [1.82, 2.24) is 20.2 Å². The second-order valence-electron chi connectivity index (χ2n) is 9.34. The van der Waals surface area contributed by atoms with Gasteiger partial charge in [0, 0.05) is 62.5 Å². The summed E-state index contributed by atoms with van der Waals surface area (Å²) in [6.45, 7) is 1.66. The van der Waals surface area contributed by atoms with Gasteiger partial charge in [-0.05, 0) is 48.7 Å². The molecule has 0 saturated carbocycles. The molecule has 2 aromatic carbocycles. The number of halogens is 2. The normalized spacial score (nSPS) is 14.4. The second kappa shape index (κ2) is 12.3. The van der Waals surface area contributed by atoms with Gasteiger partial charge < -0.3 is 19.6 Å². The number of likely N-dealkylation sites (tertiary alicyclic amines) is 1. The number of ether oxygens (including phenoxy) is 1. The Bertz CT molecular complexity index is 1350. The number of nitrogens with one attached hydrogen (secondary N) is 2. The van der Waals surface area contributed by atoms with Crippen molar-refractivity contribution < 1.29 is 22.5 Å². The molecule has 0 radical (unpaired) electrons. The minimum Gasteiger partial charge on any atom is -0.495 e. The summed E-state index contributed by atoms with van der Waals surface area (Å²) in [6, 6.07) is 12.0. The van der Waals surface area contributed by atoms with Gasteiger partial charge in [-0.3, -0.25) is 9.69 Å². The van der Waals surface area contributed by atoms with Crippen molar-refractivity contribution in [3.8, 4) is 28.7 Å². The number of rotatable bonds is 9. The number of nitrogens with zero attached hydrogens (tertiary/aromatic N) is 4. The fourth-order valence-electron chi connectivity index (χ4n) is 4.36. The number of carbonyl (C=O) groups excluding carboxylic acids is 1. The molecule has 2 heterocycles. The number of hydrogen-bond acceptors (Lipinski definition) is 9. The molecule has 1 saturated heterocycles. The van der Waals surface area contributed by atoms with Crippen molar-refractivity contribution in [3.05, 3.63) is 59.9 Å². The van der Waals surface area contributed by atoms with E-state index in [2.05, 4.69) is 33.5 Å². The molecule has 9 nitrogen and oxygen atoms in total. The zero-order valence-corrected chi connectivity index (χ0v) is 22.3. The molecule has 1 aromatic heterocycles. The average Bonchev–Trinajstić information content (AvgIpc) is 2.93. The number of thiol groups is 1. The van der Waals surface area contributed by atoms with Crippen LogP contribution in [0.2, 0.25) is 0 Å². The molecule has 204 valence electrons. The molecular weight excluding hydrogens is 526 g/mol. The zero-order chi connectivity index (χ0) is 28.0. The van der Waals surface area contributed by atoms with Crippen LogP contribution in [0, 0.1) is 11.3 Å². The highest BCUT2D eigenvalue weighted by Gasteiger charge is 2.29. The van der Waals surface area contributed by atoms with E-state index >= 15 is 0 Å². The molecule has 0 spiro atoms. The third-order valence-corrected chi connectivity index (χ3v) is 6.52. The number of aromatic nitrogens is 2. The molecule has 0 atom stereocenters. The summed E-state index contributed by atoms with van der Waals surface area (Å²) >= 11 is 3.80. The summed E-state index contributed by atoms with van der Waals surface area (Å²) in [7, 11) is 1.50. The summed E-state index contributed by atoms with van der Waals surface area (Å²) in [5, 5.41) is 15.2. The molecule has 1 aliphatic heterocycles. The Hall–Kier alpha value is -3.95. The van der Waals surface area contributed by atoms with E-state index < -0.39 is 5.92 Å². The average molecular weight is 555 g/mol. The van der Waals surface area contributed by atoms with Crippen molar-refractivity contribution in [2.24, 2.45) is 0 Å². The number of nitriles is 1. The van der Waals surface area contributed by atoms with Gasteiger partial charge in [0.1, 0.15) is 11.8 Å². The number of piperidine rings is 1. The van der Waals surface area contributed by atoms with Crippen LogP contribution in [-0.4, -0.2) is 59.5 Å². The highest BCUT2D eigenvalue weighted by Crippen LogP contribution is 2.30. The van der Waals surface area contributed by atoms with Crippen LogP contribution in [-0.2, 0) is 0 Å². The monoisotopic (exact) mass is 554 g/mol. The van der Waals surface area contributed by atoms with E-state index in [1.165, 1.54) is 7.11 Å². The fourth-order valence-corrected chi connectivity index (χ4v) is 4.52. The Morgan fingerprint density at radius 1 is 1.15 bits per heavy atom. The van der Waals surface area contributed by atoms with E-state index in [4.69, 9.17) is 14.2 Å². The standard InChI is InChI=1S/C27H28F2N6O3S/c1-27(28,29)16-35-9-7-21(8-10-35)33-25(36)18-5-6-22(24(12-18)37-2)34-26-31-14-20(15-32-26)17-3-4-19(13-30)23(11-17)38-39/h3-6,11-12,14-15,21,39H,7-10,16H2,1-2H3,(H,33,36)(H,31,32,34). The predicted molar refractivity (Wildman–Crippen MR) is 146 cm³/mol. The summed E-state index contributed by atoms with van der Waals surface area (Å²) in [6.07, 6.45) is 4.47. The molecule has 4 rings (SSSR count). The van der Waals surface area contributed by atoms with E-state index in [1.807, 2.05) is 6.07 Å². The van der Waals surface area contributed by atoms with Gasteiger partial charge in [-0.15, -0.1) is 0 Å². The van der Waals surface area contributed by atoms with Crippen molar-refractivity contribution in [1.29, 1.82) is 5.26 Å². The van der Waals surface area contributed by atoms with Gasteiger partial charge in [0.05, 0.1) is 24.9 Å². The van der Waals surface area contributed by atoms with Gasteiger partial charge in [0.25, 0.3) is 11.8 Å². The van der Waals surface area contributed by atoms with Gasteiger partial charge >= 0.3 is 0 Å².